The Kier molecular flexibility index (Phi) is 4.93. The second-order valence-electron chi connectivity index (χ2n) is 5.82. The van der Waals surface area contributed by atoms with Gasteiger partial charge >= 0.3 is 0 Å². The van der Waals surface area contributed by atoms with Crippen LogP contribution < -0.4 is 5.73 Å². The molecule has 2 N–H and O–H groups in total. The molecular weight excluding hydrogens is 242 g/mol. The van der Waals surface area contributed by atoms with Crippen LogP contribution in [-0.2, 0) is 4.74 Å². The lowest BCUT2D eigenvalue weighted by Crippen LogP contribution is -2.24. The van der Waals surface area contributed by atoms with Crippen molar-refractivity contribution in [2.45, 2.75) is 58.1 Å². The molecule has 0 amide bonds. The largest absolute Gasteiger partial charge is 0.373 e. The van der Waals surface area contributed by atoms with E-state index in [9.17, 15) is 0 Å². The number of rotatable bonds is 5. The van der Waals surface area contributed by atoms with Gasteiger partial charge in [0.2, 0.25) is 11.7 Å². The molecule has 2 rings (SSSR count). The minimum absolute atomic E-state index is 0.129. The Hall–Kier alpha value is -0.940. The molecule has 5 heteroatoms. The number of nitrogens with two attached hydrogens (primary N) is 1. The Morgan fingerprint density at radius 2 is 1.95 bits per heavy atom. The summed E-state index contributed by atoms with van der Waals surface area (Å²) in [5.41, 5.74) is 6.26. The molecule has 1 fully saturated rings. The second-order valence-corrected chi connectivity index (χ2v) is 5.82. The van der Waals surface area contributed by atoms with Crippen LogP contribution in [0, 0.1) is 11.8 Å². The van der Waals surface area contributed by atoms with Crippen molar-refractivity contribution in [2.75, 3.05) is 7.11 Å². The smallest absolute Gasteiger partial charge is 0.243 e. The Morgan fingerprint density at radius 1 is 1.26 bits per heavy atom. The fourth-order valence-electron chi connectivity index (χ4n) is 2.87. The lowest BCUT2D eigenvalue weighted by atomic mass is 9.84. The summed E-state index contributed by atoms with van der Waals surface area (Å²) in [6, 6.07) is -0.133. The van der Waals surface area contributed by atoms with Crippen LogP contribution in [0.4, 0.5) is 0 Å². The molecule has 1 saturated carbocycles. The number of methoxy groups -OCH3 is 1. The topological polar surface area (TPSA) is 74.2 Å². The van der Waals surface area contributed by atoms with Crippen molar-refractivity contribution in [3.05, 3.63) is 11.7 Å². The summed E-state index contributed by atoms with van der Waals surface area (Å²) >= 11 is 0. The average Bonchev–Trinajstić information content (AvgIpc) is 2.89. The minimum Gasteiger partial charge on any atom is -0.373 e. The quantitative estimate of drug-likeness (QED) is 0.887. The standard InChI is InChI=1S/C14H25N3O2/c1-9(2)12(18-3)13-16-14(19-17-13)11(15)10-7-5-4-6-8-10/h9-12H,4-8,15H2,1-3H3. The summed E-state index contributed by atoms with van der Waals surface area (Å²) in [4.78, 5) is 4.45. The summed E-state index contributed by atoms with van der Waals surface area (Å²) < 4.78 is 10.8. The van der Waals surface area contributed by atoms with E-state index in [1.165, 1.54) is 19.3 Å². The van der Waals surface area contributed by atoms with Gasteiger partial charge in [-0.1, -0.05) is 38.3 Å². The van der Waals surface area contributed by atoms with Crippen molar-refractivity contribution in [1.82, 2.24) is 10.1 Å². The molecule has 5 nitrogen and oxygen atoms in total. The van der Waals surface area contributed by atoms with Crippen LogP contribution in [0.2, 0.25) is 0 Å². The van der Waals surface area contributed by atoms with Crippen molar-refractivity contribution in [3.8, 4) is 0 Å². The highest BCUT2D eigenvalue weighted by Gasteiger charge is 2.28. The van der Waals surface area contributed by atoms with E-state index in [0.717, 1.165) is 12.8 Å². The van der Waals surface area contributed by atoms with Crippen LogP contribution in [0.15, 0.2) is 4.52 Å². The zero-order valence-electron chi connectivity index (χ0n) is 12.1. The third-order valence-electron chi connectivity index (χ3n) is 4.01. The highest BCUT2D eigenvalue weighted by molar-refractivity contribution is 4.98. The summed E-state index contributed by atoms with van der Waals surface area (Å²) in [6.07, 6.45) is 6.03. The number of ether oxygens (including phenoxy) is 1. The van der Waals surface area contributed by atoms with Gasteiger partial charge in [0.1, 0.15) is 6.10 Å². The average molecular weight is 267 g/mol. The lowest BCUT2D eigenvalue weighted by molar-refractivity contribution is 0.0555. The van der Waals surface area contributed by atoms with Crippen molar-refractivity contribution in [2.24, 2.45) is 17.6 Å². The van der Waals surface area contributed by atoms with E-state index >= 15 is 0 Å². The third kappa shape index (κ3) is 3.34. The summed E-state index contributed by atoms with van der Waals surface area (Å²) in [6.45, 7) is 4.15. The molecule has 1 aliphatic carbocycles. The SMILES string of the molecule is COC(c1noc(C(N)C2CCCCC2)n1)C(C)C. The van der Waals surface area contributed by atoms with Gasteiger partial charge in [0.15, 0.2) is 0 Å². The molecule has 2 unspecified atom stereocenters. The number of hydrogen-bond acceptors (Lipinski definition) is 5. The van der Waals surface area contributed by atoms with Crippen molar-refractivity contribution in [1.29, 1.82) is 0 Å². The molecule has 0 spiro atoms. The number of aromatic nitrogens is 2. The zero-order chi connectivity index (χ0) is 13.8. The van der Waals surface area contributed by atoms with Gasteiger partial charge in [-0.15, -0.1) is 0 Å². The molecule has 0 aliphatic heterocycles. The first-order valence-corrected chi connectivity index (χ1v) is 7.25. The maximum Gasteiger partial charge on any atom is 0.243 e. The van der Waals surface area contributed by atoms with E-state index < -0.39 is 0 Å². The van der Waals surface area contributed by atoms with Crippen molar-refractivity contribution in [3.63, 3.8) is 0 Å². The molecule has 108 valence electrons. The van der Waals surface area contributed by atoms with Gasteiger partial charge in [-0.25, -0.2) is 0 Å². The van der Waals surface area contributed by atoms with E-state index in [1.807, 2.05) is 0 Å². The third-order valence-corrected chi connectivity index (χ3v) is 4.01. The van der Waals surface area contributed by atoms with E-state index in [0.29, 0.717) is 23.6 Å². The normalized spacial score (nSPS) is 20.7. The molecule has 0 saturated heterocycles. The van der Waals surface area contributed by atoms with Crippen LogP contribution in [0.1, 0.15) is 69.8 Å². The van der Waals surface area contributed by atoms with E-state index in [-0.39, 0.29) is 12.1 Å². The Bertz CT molecular complexity index is 386. The first-order valence-electron chi connectivity index (χ1n) is 7.25. The first kappa shape index (κ1) is 14.5. The Morgan fingerprint density at radius 3 is 2.53 bits per heavy atom. The van der Waals surface area contributed by atoms with Gasteiger partial charge in [0, 0.05) is 7.11 Å². The first-order chi connectivity index (χ1) is 9.13. The van der Waals surface area contributed by atoms with Crippen LogP contribution in [0.25, 0.3) is 0 Å². The minimum atomic E-state index is -0.133. The highest BCUT2D eigenvalue weighted by Crippen LogP contribution is 2.33. The lowest BCUT2D eigenvalue weighted by Gasteiger charge is -2.24. The van der Waals surface area contributed by atoms with Crippen LogP contribution in [0.5, 0.6) is 0 Å². The number of nitrogens with zero attached hydrogens (tertiary/aromatic N) is 2. The molecule has 1 aromatic heterocycles. The van der Waals surface area contributed by atoms with Gasteiger partial charge in [-0.2, -0.15) is 4.98 Å². The fraction of sp³-hybridized carbons (Fsp3) is 0.857. The van der Waals surface area contributed by atoms with Gasteiger partial charge in [-0.3, -0.25) is 0 Å². The maximum atomic E-state index is 6.26. The summed E-state index contributed by atoms with van der Waals surface area (Å²) in [5.74, 6) is 1.95. The van der Waals surface area contributed by atoms with E-state index in [2.05, 4.69) is 24.0 Å². The van der Waals surface area contributed by atoms with Gasteiger partial charge < -0.3 is 15.0 Å². The molecule has 1 aliphatic rings. The summed E-state index contributed by atoms with van der Waals surface area (Å²) in [7, 11) is 1.67. The Labute approximate surface area is 114 Å². The second kappa shape index (κ2) is 6.48. The molecule has 0 radical (unpaired) electrons. The predicted octanol–water partition coefficient (Wildman–Crippen LogP) is 2.99. The van der Waals surface area contributed by atoms with Crippen molar-refractivity contribution < 1.29 is 9.26 Å². The molecular formula is C14H25N3O2. The maximum absolute atomic E-state index is 6.26. The molecule has 2 atom stereocenters. The summed E-state index contributed by atoms with van der Waals surface area (Å²) in [5, 5.41) is 4.03. The molecule has 19 heavy (non-hydrogen) atoms. The van der Waals surface area contributed by atoms with Crippen molar-refractivity contribution >= 4 is 0 Å². The van der Waals surface area contributed by atoms with Crippen LogP contribution in [-0.4, -0.2) is 17.3 Å². The number of hydrogen-bond donors (Lipinski definition) is 1. The molecule has 0 bridgehead atoms. The highest BCUT2D eigenvalue weighted by atomic mass is 16.5. The van der Waals surface area contributed by atoms with Gasteiger partial charge in [-0.05, 0) is 24.7 Å². The molecule has 1 heterocycles. The van der Waals surface area contributed by atoms with Gasteiger partial charge in [0.25, 0.3) is 0 Å². The monoisotopic (exact) mass is 267 g/mol. The predicted molar refractivity (Wildman–Crippen MR) is 72.4 cm³/mol. The zero-order valence-corrected chi connectivity index (χ0v) is 12.1. The van der Waals surface area contributed by atoms with Gasteiger partial charge in [0.05, 0.1) is 6.04 Å². The Balaban J connectivity index is 2.06. The van der Waals surface area contributed by atoms with Crippen LogP contribution >= 0.6 is 0 Å². The van der Waals surface area contributed by atoms with Crippen LogP contribution in [0.3, 0.4) is 0 Å². The molecule has 1 aromatic rings. The fourth-order valence-corrected chi connectivity index (χ4v) is 2.87. The molecule has 0 aromatic carbocycles. The van der Waals surface area contributed by atoms with E-state index in [4.69, 9.17) is 15.0 Å². The van der Waals surface area contributed by atoms with E-state index in [1.54, 1.807) is 7.11 Å².